The van der Waals surface area contributed by atoms with Crippen molar-refractivity contribution in [3.05, 3.63) is 57.0 Å². The van der Waals surface area contributed by atoms with Crippen LogP contribution in [0.3, 0.4) is 0 Å². The summed E-state index contributed by atoms with van der Waals surface area (Å²) in [6, 6.07) is 7.38. The molecule has 132 valence electrons. The minimum absolute atomic E-state index is 0.143. The molecule has 1 aromatic carbocycles. The number of pyridine rings is 1. The molecular weight excluding hydrogens is 320 g/mol. The number of rotatable bonds is 4. The van der Waals surface area contributed by atoms with E-state index >= 15 is 0 Å². The maximum Gasteiger partial charge on any atom is 0.261 e. The fourth-order valence-electron chi connectivity index (χ4n) is 2.90. The second-order valence-corrected chi connectivity index (χ2v) is 6.38. The van der Waals surface area contributed by atoms with E-state index in [-0.39, 0.29) is 22.9 Å². The van der Waals surface area contributed by atoms with Crippen molar-refractivity contribution >= 4 is 5.91 Å². The van der Waals surface area contributed by atoms with Gasteiger partial charge in [-0.15, -0.1) is 0 Å². The third-order valence-electron chi connectivity index (χ3n) is 4.55. The first kappa shape index (κ1) is 17.1. The summed E-state index contributed by atoms with van der Waals surface area (Å²) in [6.07, 6.45) is 0.808. The molecule has 0 aliphatic carbocycles. The van der Waals surface area contributed by atoms with E-state index in [0.29, 0.717) is 13.2 Å². The Morgan fingerprint density at radius 1 is 1.36 bits per heavy atom. The van der Waals surface area contributed by atoms with Gasteiger partial charge in [-0.1, -0.05) is 6.07 Å². The molecule has 2 N–H and O–H groups in total. The molecule has 3 rings (SSSR count). The van der Waals surface area contributed by atoms with Gasteiger partial charge < -0.3 is 19.8 Å². The van der Waals surface area contributed by atoms with Crippen LogP contribution < -0.4 is 20.3 Å². The summed E-state index contributed by atoms with van der Waals surface area (Å²) in [5.74, 6) is 1.40. The standard InChI is InChI=1S/C19H22N2O4/c1-11-6-16(19(23)21-12(11)2)18(22)20-9-13-7-14-4-5-15(24-3)8-17(14)25-10-13/h4-6,8,13H,7,9-10H2,1-3H3,(H,20,22)(H,21,23)/t13-/m0/s1. The molecular formula is C19H22N2O4. The van der Waals surface area contributed by atoms with E-state index in [4.69, 9.17) is 9.47 Å². The molecule has 0 fully saturated rings. The lowest BCUT2D eigenvalue weighted by molar-refractivity contribution is 0.0937. The van der Waals surface area contributed by atoms with E-state index in [1.165, 1.54) is 0 Å². The number of amides is 1. The summed E-state index contributed by atoms with van der Waals surface area (Å²) in [5.41, 5.74) is 2.53. The third-order valence-corrected chi connectivity index (χ3v) is 4.55. The van der Waals surface area contributed by atoms with Gasteiger partial charge in [0.1, 0.15) is 17.1 Å². The number of ether oxygens (including phenoxy) is 2. The van der Waals surface area contributed by atoms with Gasteiger partial charge >= 0.3 is 0 Å². The second kappa shape index (κ2) is 7.01. The molecule has 0 bridgehead atoms. The lowest BCUT2D eigenvalue weighted by Crippen LogP contribution is -2.37. The van der Waals surface area contributed by atoms with Crippen molar-refractivity contribution in [1.82, 2.24) is 10.3 Å². The second-order valence-electron chi connectivity index (χ2n) is 6.38. The summed E-state index contributed by atoms with van der Waals surface area (Å²) in [6.45, 7) is 4.65. The predicted molar refractivity (Wildman–Crippen MR) is 94.6 cm³/mol. The van der Waals surface area contributed by atoms with Gasteiger partial charge in [0.25, 0.3) is 11.5 Å². The van der Waals surface area contributed by atoms with Crippen LogP contribution in [0, 0.1) is 19.8 Å². The molecule has 1 aliphatic rings. The summed E-state index contributed by atoms with van der Waals surface area (Å²) in [5, 5.41) is 2.85. The summed E-state index contributed by atoms with van der Waals surface area (Å²) in [7, 11) is 1.62. The van der Waals surface area contributed by atoms with Gasteiger partial charge in [0.05, 0.1) is 13.7 Å². The van der Waals surface area contributed by atoms with E-state index in [1.54, 1.807) is 13.2 Å². The highest BCUT2D eigenvalue weighted by Crippen LogP contribution is 2.30. The van der Waals surface area contributed by atoms with Crippen LogP contribution in [0.25, 0.3) is 0 Å². The van der Waals surface area contributed by atoms with E-state index in [2.05, 4.69) is 10.3 Å². The Labute approximate surface area is 146 Å². The lowest BCUT2D eigenvalue weighted by atomic mass is 9.96. The smallest absolute Gasteiger partial charge is 0.261 e. The molecule has 25 heavy (non-hydrogen) atoms. The van der Waals surface area contributed by atoms with E-state index in [1.807, 2.05) is 32.0 Å². The molecule has 2 heterocycles. The number of hydrogen-bond acceptors (Lipinski definition) is 4. The first-order valence-electron chi connectivity index (χ1n) is 8.26. The zero-order valence-corrected chi connectivity index (χ0v) is 14.6. The third kappa shape index (κ3) is 3.68. The molecule has 6 nitrogen and oxygen atoms in total. The molecule has 0 radical (unpaired) electrons. The van der Waals surface area contributed by atoms with Crippen LogP contribution in [0.2, 0.25) is 0 Å². The number of aromatic nitrogens is 1. The molecule has 0 unspecified atom stereocenters. The Morgan fingerprint density at radius 3 is 2.92 bits per heavy atom. The minimum atomic E-state index is -0.363. The summed E-state index contributed by atoms with van der Waals surface area (Å²) < 4.78 is 11.0. The molecule has 0 saturated heterocycles. The van der Waals surface area contributed by atoms with Crippen molar-refractivity contribution in [3.8, 4) is 11.5 Å². The molecule has 1 atom stereocenters. The average Bonchev–Trinajstić information content (AvgIpc) is 2.62. The number of carbonyl (C=O) groups is 1. The van der Waals surface area contributed by atoms with Crippen LogP contribution >= 0.6 is 0 Å². The number of aryl methyl sites for hydroxylation is 2. The number of methoxy groups -OCH3 is 1. The van der Waals surface area contributed by atoms with Crippen LogP contribution in [-0.4, -0.2) is 31.2 Å². The predicted octanol–water partition coefficient (Wildman–Crippen LogP) is 1.98. The van der Waals surface area contributed by atoms with Crippen LogP contribution in [0.4, 0.5) is 0 Å². The largest absolute Gasteiger partial charge is 0.497 e. The van der Waals surface area contributed by atoms with Gasteiger partial charge in [-0.2, -0.15) is 0 Å². The van der Waals surface area contributed by atoms with Crippen molar-refractivity contribution in [2.75, 3.05) is 20.3 Å². The van der Waals surface area contributed by atoms with Gasteiger partial charge in [0, 0.05) is 24.2 Å². The topological polar surface area (TPSA) is 80.4 Å². The molecule has 1 aliphatic heterocycles. The number of hydrogen-bond donors (Lipinski definition) is 2. The molecule has 2 aromatic rings. The molecule has 6 heteroatoms. The van der Waals surface area contributed by atoms with Crippen molar-refractivity contribution in [2.24, 2.45) is 5.92 Å². The Kier molecular flexibility index (Phi) is 4.79. The van der Waals surface area contributed by atoms with Gasteiger partial charge in [-0.3, -0.25) is 9.59 Å². The molecule has 0 spiro atoms. The van der Waals surface area contributed by atoms with Crippen LogP contribution in [-0.2, 0) is 6.42 Å². The fourth-order valence-corrected chi connectivity index (χ4v) is 2.90. The number of aromatic amines is 1. The maximum absolute atomic E-state index is 12.3. The quantitative estimate of drug-likeness (QED) is 0.890. The highest BCUT2D eigenvalue weighted by Gasteiger charge is 2.22. The number of H-pyrrole nitrogens is 1. The van der Waals surface area contributed by atoms with Crippen LogP contribution in [0.1, 0.15) is 27.2 Å². The Hall–Kier alpha value is -2.76. The first-order chi connectivity index (χ1) is 12.0. The lowest BCUT2D eigenvalue weighted by Gasteiger charge is -2.25. The monoisotopic (exact) mass is 342 g/mol. The van der Waals surface area contributed by atoms with Crippen molar-refractivity contribution in [2.45, 2.75) is 20.3 Å². The van der Waals surface area contributed by atoms with Crippen molar-refractivity contribution < 1.29 is 14.3 Å². The summed E-state index contributed by atoms with van der Waals surface area (Å²) in [4.78, 5) is 27.0. The first-order valence-corrected chi connectivity index (χ1v) is 8.26. The Morgan fingerprint density at radius 2 is 2.16 bits per heavy atom. The normalized spacial score (nSPS) is 15.9. The number of nitrogens with one attached hydrogen (secondary N) is 2. The molecule has 1 amide bonds. The average molecular weight is 342 g/mol. The Balaban J connectivity index is 1.63. The van der Waals surface area contributed by atoms with Crippen LogP contribution in [0.5, 0.6) is 11.5 Å². The number of carbonyl (C=O) groups excluding carboxylic acids is 1. The number of benzene rings is 1. The number of fused-ring (bicyclic) bond motifs is 1. The van der Waals surface area contributed by atoms with Crippen molar-refractivity contribution in [3.63, 3.8) is 0 Å². The highest BCUT2D eigenvalue weighted by molar-refractivity contribution is 5.94. The van der Waals surface area contributed by atoms with Crippen LogP contribution in [0.15, 0.2) is 29.1 Å². The van der Waals surface area contributed by atoms with E-state index in [9.17, 15) is 9.59 Å². The van der Waals surface area contributed by atoms with Crippen molar-refractivity contribution in [1.29, 1.82) is 0 Å². The molecule has 0 saturated carbocycles. The summed E-state index contributed by atoms with van der Waals surface area (Å²) >= 11 is 0. The Bertz CT molecular complexity index is 857. The fraction of sp³-hybridized carbons (Fsp3) is 0.368. The minimum Gasteiger partial charge on any atom is -0.497 e. The zero-order valence-electron chi connectivity index (χ0n) is 14.6. The van der Waals surface area contributed by atoms with Gasteiger partial charge in [-0.05, 0) is 43.5 Å². The SMILES string of the molecule is COc1ccc2c(c1)OC[C@H](CNC(=O)c1cc(C)c(C)[nH]c1=O)C2. The van der Waals surface area contributed by atoms with Gasteiger partial charge in [-0.25, -0.2) is 0 Å². The zero-order chi connectivity index (χ0) is 18.0. The van der Waals surface area contributed by atoms with Gasteiger partial charge in [0.2, 0.25) is 0 Å². The van der Waals surface area contributed by atoms with E-state index in [0.717, 1.165) is 34.7 Å². The highest BCUT2D eigenvalue weighted by atomic mass is 16.5. The molecule has 1 aromatic heterocycles. The maximum atomic E-state index is 12.3. The van der Waals surface area contributed by atoms with Gasteiger partial charge in [0.15, 0.2) is 0 Å². The van der Waals surface area contributed by atoms with E-state index < -0.39 is 0 Å².